The van der Waals surface area contributed by atoms with E-state index in [1.165, 1.54) is 11.3 Å². The maximum Gasteiger partial charge on any atom is 0.265 e. The van der Waals surface area contributed by atoms with Crippen LogP contribution >= 0.6 is 11.3 Å². The first-order valence-corrected chi connectivity index (χ1v) is 8.71. The summed E-state index contributed by atoms with van der Waals surface area (Å²) < 4.78 is 7.44. The predicted octanol–water partition coefficient (Wildman–Crippen LogP) is 2.60. The number of nitrogens with zero attached hydrogens (tertiary/aromatic N) is 2. The third-order valence-electron chi connectivity index (χ3n) is 3.94. The van der Waals surface area contributed by atoms with Crippen LogP contribution in [0.15, 0.2) is 29.8 Å². The summed E-state index contributed by atoms with van der Waals surface area (Å²) in [7, 11) is 0. The lowest BCUT2D eigenvalue weighted by Crippen LogP contribution is -2.34. The number of benzene rings is 1. The molecular weight excluding hydrogens is 340 g/mol. The van der Waals surface area contributed by atoms with Crippen molar-refractivity contribution in [2.24, 2.45) is 0 Å². The van der Waals surface area contributed by atoms with Crippen LogP contribution < -0.4 is 15.4 Å². The molecule has 2 aromatic heterocycles. The summed E-state index contributed by atoms with van der Waals surface area (Å²) in [6.07, 6.45) is 1.64. The maximum absolute atomic E-state index is 12.4. The molecule has 2 N–H and O–H groups in total. The molecule has 0 saturated heterocycles. The summed E-state index contributed by atoms with van der Waals surface area (Å²) in [5, 5.41) is 7.56. The molecule has 128 valence electrons. The number of thiazole rings is 1. The van der Waals surface area contributed by atoms with Crippen molar-refractivity contribution in [3.63, 3.8) is 0 Å². The van der Waals surface area contributed by atoms with Gasteiger partial charge in [0, 0.05) is 23.0 Å². The molecule has 0 radical (unpaired) electrons. The molecule has 1 aromatic carbocycles. The van der Waals surface area contributed by atoms with Crippen molar-refractivity contribution in [1.29, 1.82) is 0 Å². The van der Waals surface area contributed by atoms with Gasteiger partial charge in [-0.2, -0.15) is 0 Å². The van der Waals surface area contributed by atoms with Gasteiger partial charge in [-0.3, -0.25) is 14.0 Å². The van der Waals surface area contributed by atoms with Gasteiger partial charge in [0.15, 0.2) is 11.1 Å². The highest BCUT2D eigenvalue weighted by molar-refractivity contribution is 7.15. The smallest absolute Gasteiger partial charge is 0.265 e. The largest absolute Gasteiger partial charge is 0.479 e. The Morgan fingerprint density at radius 1 is 1.48 bits per heavy atom. The van der Waals surface area contributed by atoms with Crippen LogP contribution in [0.2, 0.25) is 0 Å². The van der Waals surface area contributed by atoms with E-state index >= 15 is 0 Å². The summed E-state index contributed by atoms with van der Waals surface area (Å²) in [6, 6.07) is 5.19. The molecule has 3 heterocycles. The number of rotatable bonds is 3. The topological polar surface area (TPSA) is 84.7 Å². The Bertz CT molecular complexity index is 991. The van der Waals surface area contributed by atoms with Crippen LogP contribution in [0.25, 0.3) is 4.96 Å². The first kappa shape index (κ1) is 15.6. The fourth-order valence-electron chi connectivity index (χ4n) is 2.73. The van der Waals surface area contributed by atoms with Crippen LogP contribution in [0.1, 0.15) is 18.3 Å². The van der Waals surface area contributed by atoms with E-state index in [9.17, 15) is 9.59 Å². The van der Waals surface area contributed by atoms with E-state index in [2.05, 4.69) is 15.6 Å². The van der Waals surface area contributed by atoms with E-state index in [-0.39, 0.29) is 18.2 Å². The molecule has 2 amide bonds. The number of carbonyl (C=O) groups excluding carboxylic acids is 2. The molecular formula is C17H16N4O3S. The van der Waals surface area contributed by atoms with Gasteiger partial charge in [0.25, 0.3) is 5.91 Å². The highest BCUT2D eigenvalue weighted by atomic mass is 32.1. The molecule has 1 aliphatic rings. The van der Waals surface area contributed by atoms with Crippen molar-refractivity contribution in [2.75, 3.05) is 10.6 Å². The van der Waals surface area contributed by atoms with Crippen LogP contribution in [0.4, 0.5) is 11.4 Å². The zero-order valence-corrected chi connectivity index (χ0v) is 14.5. The minimum Gasteiger partial charge on any atom is -0.479 e. The second-order valence-corrected chi connectivity index (χ2v) is 6.78. The number of aryl methyl sites for hydroxylation is 1. The van der Waals surface area contributed by atoms with Gasteiger partial charge in [-0.25, -0.2) is 4.98 Å². The minimum atomic E-state index is -0.521. The molecule has 8 heteroatoms. The van der Waals surface area contributed by atoms with Crippen molar-refractivity contribution in [3.8, 4) is 5.75 Å². The van der Waals surface area contributed by atoms with Gasteiger partial charge in [-0.15, -0.1) is 11.3 Å². The van der Waals surface area contributed by atoms with E-state index in [0.29, 0.717) is 17.1 Å². The van der Waals surface area contributed by atoms with Gasteiger partial charge in [0.1, 0.15) is 5.75 Å². The number of hydrogen-bond acceptors (Lipinski definition) is 5. The molecule has 0 bridgehead atoms. The number of carbonyl (C=O) groups is 2. The van der Waals surface area contributed by atoms with Gasteiger partial charge < -0.3 is 15.4 Å². The molecule has 7 nitrogen and oxygen atoms in total. The number of amides is 2. The van der Waals surface area contributed by atoms with Crippen molar-refractivity contribution >= 4 is 39.5 Å². The Morgan fingerprint density at radius 3 is 3.16 bits per heavy atom. The Morgan fingerprint density at radius 2 is 2.32 bits per heavy atom. The van der Waals surface area contributed by atoms with Crippen LogP contribution in [0.3, 0.4) is 0 Å². The van der Waals surface area contributed by atoms with Crippen LogP contribution in [0.5, 0.6) is 5.75 Å². The van der Waals surface area contributed by atoms with E-state index in [1.54, 1.807) is 25.1 Å². The summed E-state index contributed by atoms with van der Waals surface area (Å²) in [5.41, 5.74) is 2.98. The van der Waals surface area contributed by atoms with Gasteiger partial charge in [0.05, 0.1) is 17.8 Å². The Hall–Kier alpha value is -2.87. The number of ether oxygens (including phenoxy) is 1. The Balaban J connectivity index is 1.49. The summed E-state index contributed by atoms with van der Waals surface area (Å²) in [5.74, 6) is 0.257. The number of anilines is 2. The Labute approximate surface area is 147 Å². The normalized spacial score (nSPS) is 16.2. The molecule has 0 spiro atoms. The van der Waals surface area contributed by atoms with Gasteiger partial charge >= 0.3 is 0 Å². The standard InChI is InChI=1S/C17H16N4O3S/c1-9-7-21-12(8-25-17(21)18-9)6-15(22)19-11-3-4-14-13(5-11)20-16(23)10(2)24-14/h3-5,7-8,10H,6H2,1-2H3,(H,19,22)(H,20,23)/t10-/m0/s1. The Kier molecular flexibility index (Phi) is 3.69. The quantitative estimate of drug-likeness (QED) is 0.755. The average molecular weight is 356 g/mol. The third kappa shape index (κ3) is 2.96. The first-order valence-electron chi connectivity index (χ1n) is 7.83. The van der Waals surface area contributed by atoms with E-state index in [4.69, 9.17) is 4.74 Å². The number of nitrogens with one attached hydrogen (secondary N) is 2. The van der Waals surface area contributed by atoms with Crippen LogP contribution in [-0.4, -0.2) is 27.3 Å². The maximum atomic E-state index is 12.4. The molecule has 1 aliphatic heterocycles. The summed E-state index contributed by atoms with van der Waals surface area (Å²) in [4.78, 5) is 29.3. The number of hydrogen-bond donors (Lipinski definition) is 2. The zero-order chi connectivity index (χ0) is 17.6. The highest BCUT2D eigenvalue weighted by Crippen LogP contribution is 2.32. The number of fused-ring (bicyclic) bond motifs is 2. The minimum absolute atomic E-state index is 0.137. The first-order chi connectivity index (χ1) is 12.0. The van der Waals surface area contributed by atoms with E-state index in [0.717, 1.165) is 16.3 Å². The molecule has 0 aliphatic carbocycles. The van der Waals surface area contributed by atoms with Crippen molar-refractivity contribution in [2.45, 2.75) is 26.4 Å². The highest BCUT2D eigenvalue weighted by Gasteiger charge is 2.23. The molecule has 25 heavy (non-hydrogen) atoms. The van der Waals surface area contributed by atoms with E-state index in [1.807, 2.05) is 22.9 Å². The van der Waals surface area contributed by atoms with Crippen molar-refractivity contribution in [1.82, 2.24) is 9.38 Å². The predicted molar refractivity (Wildman–Crippen MR) is 95.3 cm³/mol. The molecule has 4 rings (SSSR count). The summed E-state index contributed by atoms with van der Waals surface area (Å²) in [6.45, 7) is 3.61. The lowest BCUT2D eigenvalue weighted by molar-refractivity contribution is -0.122. The second kappa shape index (κ2) is 5.89. The molecule has 0 unspecified atom stereocenters. The van der Waals surface area contributed by atoms with Crippen LogP contribution in [0, 0.1) is 6.92 Å². The van der Waals surface area contributed by atoms with Crippen LogP contribution in [-0.2, 0) is 16.0 Å². The monoisotopic (exact) mass is 356 g/mol. The fraction of sp³-hybridized carbons (Fsp3) is 0.235. The molecule has 1 atom stereocenters. The second-order valence-electron chi connectivity index (χ2n) is 5.95. The van der Waals surface area contributed by atoms with Gasteiger partial charge in [0.2, 0.25) is 5.91 Å². The molecule has 0 fully saturated rings. The SMILES string of the molecule is Cc1cn2c(CC(=O)Nc3ccc4c(c3)NC(=O)[C@H](C)O4)csc2n1. The summed E-state index contributed by atoms with van der Waals surface area (Å²) >= 11 is 1.51. The van der Waals surface area contributed by atoms with E-state index < -0.39 is 6.10 Å². The third-order valence-corrected chi connectivity index (χ3v) is 4.83. The molecule has 3 aromatic rings. The van der Waals surface area contributed by atoms with Gasteiger partial charge in [-0.05, 0) is 32.0 Å². The van der Waals surface area contributed by atoms with Crippen molar-refractivity contribution < 1.29 is 14.3 Å². The lowest BCUT2D eigenvalue weighted by Gasteiger charge is -2.23. The number of imidazole rings is 1. The van der Waals surface area contributed by atoms with Gasteiger partial charge in [-0.1, -0.05) is 0 Å². The van der Waals surface area contributed by atoms with Crippen molar-refractivity contribution in [3.05, 3.63) is 41.2 Å². The molecule has 0 saturated carbocycles. The average Bonchev–Trinajstić information content (AvgIpc) is 3.09. The lowest BCUT2D eigenvalue weighted by atomic mass is 10.2. The fourth-order valence-corrected chi connectivity index (χ4v) is 3.64. The zero-order valence-electron chi connectivity index (χ0n) is 13.7. The number of aromatic nitrogens is 2.